The highest BCUT2D eigenvalue weighted by molar-refractivity contribution is 5.98. The fourth-order valence-electron chi connectivity index (χ4n) is 3.12. The van der Waals surface area contributed by atoms with Gasteiger partial charge in [-0.2, -0.15) is 0 Å². The maximum Gasteiger partial charge on any atom is 0.247 e. The van der Waals surface area contributed by atoms with Gasteiger partial charge in [-0.1, -0.05) is 30.3 Å². The lowest BCUT2D eigenvalue weighted by Gasteiger charge is -2.29. The summed E-state index contributed by atoms with van der Waals surface area (Å²) >= 11 is 0. The number of aromatic hydroxyl groups is 1. The minimum atomic E-state index is -0.808. The standard InChI is InChI=1S/C19H16N2O4/c22-13-5-3-4-11(8-13)17-19(24)20-15(18(23)21-17)9-12-10-25-16-7-2-1-6-14(12)16/h1-8,10,15,17,22H,9H2,(H,20,24)(H,21,23). The molecule has 1 saturated heterocycles. The Kier molecular flexibility index (Phi) is 3.65. The molecule has 6 heteroatoms. The average molecular weight is 336 g/mol. The van der Waals surface area contributed by atoms with E-state index in [0.29, 0.717) is 12.0 Å². The first-order chi connectivity index (χ1) is 12.1. The molecule has 25 heavy (non-hydrogen) atoms. The zero-order chi connectivity index (χ0) is 17.4. The van der Waals surface area contributed by atoms with Crippen LogP contribution in [0.3, 0.4) is 0 Å². The van der Waals surface area contributed by atoms with E-state index < -0.39 is 12.1 Å². The second kappa shape index (κ2) is 5.98. The van der Waals surface area contributed by atoms with Crippen molar-refractivity contribution in [3.05, 3.63) is 65.9 Å². The number of amides is 2. The van der Waals surface area contributed by atoms with Gasteiger partial charge in [-0.05, 0) is 23.8 Å². The lowest BCUT2D eigenvalue weighted by Crippen LogP contribution is -2.58. The molecule has 2 unspecified atom stereocenters. The first-order valence-electron chi connectivity index (χ1n) is 7.96. The summed E-state index contributed by atoms with van der Waals surface area (Å²) in [6, 6.07) is 12.4. The van der Waals surface area contributed by atoms with Crippen LogP contribution >= 0.6 is 0 Å². The van der Waals surface area contributed by atoms with Crippen molar-refractivity contribution in [2.24, 2.45) is 0 Å². The highest BCUT2D eigenvalue weighted by atomic mass is 16.3. The van der Waals surface area contributed by atoms with E-state index in [1.165, 1.54) is 12.1 Å². The van der Waals surface area contributed by atoms with Gasteiger partial charge in [0.1, 0.15) is 23.4 Å². The number of phenolic OH excluding ortho intramolecular Hbond substituents is 1. The SMILES string of the molecule is O=C1NC(c2cccc(O)c2)C(=O)NC1Cc1coc2ccccc12. The summed E-state index contributed by atoms with van der Waals surface area (Å²) in [5.74, 6) is -0.521. The van der Waals surface area contributed by atoms with E-state index in [0.717, 1.165) is 16.5 Å². The number of benzene rings is 2. The number of fused-ring (bicyclic) bond motifs is 1. The van der Waals surface area contributed by atoms with Crippen LogP contribution in [0.2, 0.25) is 0 Å². The normalized spacial score (nSPS) is 20.3. The van der Waals surface area contributed by atoms with Crippen molar-refractivity contribution >= 4 is 22.8 Å². The Hall–Kier alpha value is -3.28. The summed E-state index contributed by atoms with van der Waals surface area (Å²) < 4.78 is 5.48. The lowest BCUT2D eigenvalue weighted by molar-refractivity contribution is -0.136. The largest absolute Gasteiger partial charge is 0.508 e. The van der Waals surface area contributed by atoms with Gasteiger partial charge in [0.2, 0.25) is 11.8 Å². The molecule has 3 N–H and O–H groups in total. The molecule has 1 aliphatic rings. The zero-order valence-electron chi connectivity index (χ0n) is 13.2. The number of hydrogen-bond acceptors (Lipinski definition) is 4. The Labute approximate surface area is 143 Å². The molecule has 126 valence electrons. The third-order valence-corrected chi connectivity index (χ3v) is 4.37. The van der Waals surface area contributed by atoms with Gasteiger partial charge in [0, 0.05) is 17.4 Å². The summed E-state index contributed by atoms with van der Waals surface area (Å²) in [6.07, 6.45) is 1.97. The van der Waals surface area contributed by atoms with Crippen molar-refractivity contribution < 1.29 is 19.1 Å². The van der Waals surface area contributed by atoms with E-state index in [4.69, 9.17) is 4.42 Å². The molecule has 6 nitrogen and oxygen atoms in total. The van der Waals surface area contributed by atoms with E-state index in [2.05, 4.69) is 10.6 Å². The molecular formula is C19H16N2O4. The highest BCUT2D eigenvalue weighted by Gasteiger charge is 2.35. The first-order valence-corrected chi connectivity index (χ1v) is 7.96. The Morgan fingerprint density at radius 1 is 1.00 bits per heavy atom. The number of piperazine rings is 1. The fourth-order valence-corrected chi connectivity index (χ4v) is 3.12. The van der Waals surface area contributed by atoms with Crippen molar-refractivity contribution in [2.45, 2.75) is 18.5 Å². The minimum Gasteiger partial charge on any atom is -0.508 e. The van der Waals surface area contributed by atoms with Gasteiger partial charge in [-0.3, -0.25) is 9.59 Å². The number of carbonyl (C=O) groups is 2. The molecule has 2 aromatic carbocycles. The van der Waals surface area contributed by atoms with Crippen LogP contribution in [0.5, 0.6) is 5.75 Å². The maximum atomic E-state index is 12.5. The maximum absolute atomic E-state index is 12.5. The predicted octanol–water partition coefficient (Wildman–Crippen LogP) is 2.04. The van der Waals surface area contributed by atoms with Gasteiger partial charge < -0.3 is 20.2 Å². The summed E-state index contributed by atoms with van der Waals surface area (Å²) in [5.41, 5.74) is 2.16. The molecule has 1 fully saturated rings. The number of para-hydroxylation sites is 1. The molecular weight excluding hydrogens is 320 g/mol. The number of phenols is 1. The Bertz CT molecular complexity index is 963. The van der Waals surface area contributed by atoms with Crippen LogP contribution in [0.4, 0.5) is 0 Å². The van der Waals surface area contributed by atoms with E-state index in [9.17, 15) is 14.7 Å². The van der Waals surface area contributed by atoms with E-state index in [1.807, 2.05) is 24.3 Å². The third kappa shape index (κ3) is 2.82. The molecule has 2 heterocycles. The average Bonchev–Trinajstić information content (AvgIpc) is 3.01. The molecule has 0 bridgehead atoms. The quantitative estimate of drug-likeness (QED) is 0.682. The highest BCUT2D eigenvalue weighted by Crippen LogP contribution is 2.24. The van der Waals surface area contributed by atoms with Crippen LogP contribution in [0, 0.1) is 0 Å². The van der Waals surface area contributed by atoms with Crippen LogP contribution in [0.1, 0.15) is 17.2 Å². The van der Waals surface area contributed by atoms with Crippen LogP contribution < -0.4 is 10.6 Å². The van der Waals surface area contributed by atoms with Crippen molar-refractivity contribution in [3.8, 4) is 5.75 Å². The van der Waals surface area contributed by atoms with Gasteiger partial charge in [-0.25, -0.2) is 0 Å². The monoisotopic (exact) mass is 336 g/mol. The van der Waals surface area contributed by atoms with Crippen molar-refractivity contribution in [1.82, 2.24) is 10.6 Å². The molecule has 1 aliphatic heterocycles. The number of nitrogens with one attached hydrogen (secondary N) is 2. The van der Waals surface area contributed by atoms with Gasteiger partial charge in [0.15, 0.2) is 0 Å². The zero-order valence-corrected chi connectivity index (χ0v) is 13.2. The number of furan rings is 1. The summed E-state index contributed by atoms with van der Waals surface area (Å²) in [7, 11) is 0. The smallest absolute Gasteiger partial charge is 0.247 e. The number of hydrogen-bond donors (Lipinski definition) is 3. The molecule has 0 saturated carbocycles. The Morgan fingerprint density at radius 2 is 1.84 bits per heavy atom. The molecule has 0 spiro atoms. The Morgan fingerprint density at radius 3 is 2.68 bits per heavy atom. The summed E-state index contributed by atoms with van der Waals surface area (Å²) in [5, 5.41) is 16.0. The third-order valence-electron chi connectivity index (χ3n) is 4.37. The van der Waals surface area contributed by atoms with Crippen molar-refractivity contribution in [2.75, 3.05) is 0 Å². The van der Waals surface area contributed by atoms with Crippen molar-refractivity contribution in [1.29, 1.82) is 0 Å². The second-order valence-corrected chi connectivity index (χ2v) is 6.06. The van der Waals surface area contributed by atoms with E-state index in [-0.39, 0.29) is 17.6 Å². The van der Waals surface area contributed by atoms with Gasteiger partial charge in [0.05, 0.1) is 6.26 Å². The van der Waals surface area contributed by atoms with E-state index >= 15 is 0 Å². The van der Waals surface area contributed by atoms with Crippen LogP contribution in [-0.2, 0) is 16.0 Å². The van der Waals surface area contributed by atoms with Crippen LogP contribution in [0.25, 0.3) is 11.0 Å². The van der Waals surface area contributed by atoms with Gasteiger partial charge >= 0.3 is 0 Å². The second-order valence-electron chi connectivity index (χ2n) is 6.06. The number of carbonyl (C=O) groups excluding carboxylic acids is 2. The van der Waals surface area contributed by atoms with Gasteiger partial charge in [0.25, 0.3) is 0 Å². The molecule has 4 rings (SSSR count). The molecule has 2 amide bonds. The van der Waals surface area contributed by atoms with Crippen LogP contribution in [-0.4, -0.2) is 23.0 Å². The topological polar surface area (TPSA) is 91.6 Å². The molecule has 1 aromatic heterocycles. The minimum absolute atomic E-state index is 0.0477. The van der Waals surface area contributed by atoms with Crippen molar-refractivity contribution in [3.63, 3.8) is 0 Å². The Balaban J connectivity index is 1.54. The molecule has 0 radical (unpaired) electrons. The fraction of sp³-hybridized carbons (Fsp3) is 0.158. The molecule has 0 aliphatic carbocycles. The lowest BCUT2D eigenvalue weighted by atomic mass is 9.98. The van der Waals surface area contributed by atoms with Gasteiger partial charge in [-0.15, -0.1) is 0 Å². The molecule has 3 aromatic rings. The summed E-state index contributed by atoms with van der Waals surface area (Å²) in [4.78, 5) is 24.9. The van der Waals surface area contributed by atoms with E-state index in [1.54, 1.807) is 18.4 Å². The predicted molar refractivity (Wildman–Crippen MR) is 90.8 cm³/mol. The number of rotatable bonds is 3. The van der Waals surface area contributed by atoms with Crippen LogP contribution in [0.15, 0.2) is 59.2 Å². The first kappa shape index (κ1) is 15.3. The summed E-state index contributed by atoms with van der Waals surface area (Å²) in [6.45, 7) is 0. The molecule has 2 atom stereocenters.